The number of ether oxygens (including phenoxy) is 1. The molecule has 0 amide bonds. The first-order valence-electron chi connectivity index (χ1n) is 5.81. The third-order valence-corrected chi connectivity index (χ3v) is 3.58. The molecule has 0 aliphatic carbocycles. The van der Waals surface area contributed by atoms with Crippen LogP contribution < -0.4 is 4.74 Å². The monoisotopic (exact) mass is 324 g/mol. The SMILES string of the molecule is ClCc1cccc(Br)c1OCCc1ccccc1. The summed E-state index contributed by atoms with van der Waals surface area (Å²) >= 11 is 9.39. The van der Waals surface area contributed by atoms with E-state index in [9.17, 15) is 0 Å². The number of hydrogen-bond donors (Lipinski definition) is 0. The maximum atomic E-state index is 5.90. The highest BCUT2D eigenvalue weighted by Crippen LogP contribution is 2.30. The predicted molar refractivity (Wildman–Crippen MR) is 79.3 cm³/mol. The summed E-state index contributed by atoms with van der Waals surface area (Å²) in [6.07, 6.45) is 0.893. The molecule has 0 heterocycles. The van der Waals surface area contributed by atoms with Crippen molar-refractivity contribution >= 4 is 27.5 Å². The predicted octanol–water partition coefficient (Wildman–Crippen LogP) is 4.81. The number of halogens is 2. The Kier molecular flexibility index (Phi) is 5.09. The average Bonchev–Trinajstić information content (AvgIpc) is 2.41. The molecule has 0 radical (unpaired) electrons. The molecule has 0 saturated heterocycles. The molecule has 2 aromatic rings. The van der Waals surface area contributed by atoms with Crippen LogP contribution >= 0.6 is 27.5 Å². The first-order chi connectivity index (χ1) is 8.81. The molecule has 1 nitrogen and oxygen atoms in total. The molecule has 0 aromatic heterocycles. The van der Waals surface area contributed by atoms with E-state index in [0.717, 1.165) is 22.2 Å². The molecule has 0 aliphatic rings. The second-order valence-electron chi connectivity index (χ2n) is 3.95. The Morgan fingerprint density at radius 3 is 2.50 bits per heavy atom. The Morgan fingerprint density at radius 1 is 1.00 bits per heavy atom. The summed E-state index contributed by atoms with van der Waals surface area (Å²) < 4.78 is 6.78. The van der Waals surface area contributed by atoms with Gasteiger partial charge in [0.25, 0.3) is 0 Å². The minimum absolute atomic E-state index is 0.458. The molecular formula is C15H14BrClO. The van der Waals surface area contributed by atoms with Gasteiger partial charge in [-0.2, -0.15) is 0 Å². The minimum Gasteiger partial charge on any atom is -0.492 e. The molecule has 3 heteroatoms. The van der Waals surface area contributed by atoms with Crippen LogP contribution in [0.15, 0.2) is 53.0 Å². The first-order valence-corrected chi connectivity index (χ1v) is 7.14. The van der Waals surface area contributed by atoms with Gasteiger partial charge in [-0.05, 0) is 27.6 Å². The van der Waals surface area contributed by atoms with E-state index in [-0.39, 0.29) is 0 Å². The zero-order chi connectivity index (χ0) is 12.8. The molecule has 0 saturated carbocycles. The average molecular weight is 326 g/mol. The van der Waals surface area contributed by atoms with Crippen LogP contribution in [0.2, 0.25) is 0 Å². The van der Waals surface area contributed by atoms with Crippen molar-refractivity contribution in [3.63, 3.8) is 0 Å². The number of benzene rings is 2. The zero-order valence-electron chi connectivity index (χ0n) is 9.90. The third kappa shape index (κ3) is 3.50. The van der Waals surface area contributed by atoms with Gasteiger partial charge in [-0.25, -0.2) is 0 Å². The summed E-state index contributed by atoms with van der Waals surface area (Å²) in [5.74, 6) is 1.31. The van der Waals surface area contributed by atoms with Gasteiger partial charge in [0, 0.05) is 12.0 Å². The lowest BCUT2D eigenvalue weighted by Gasteiger charge is -2.11. The number of para-hydroxylation sites is 1. The van der Waals surface area contributed by atoms with Gasteiger partial charge in [0.1, 0.15) is 5.75 Å². The Hall–Kier alpha value is -0.990. The van der Waals surface area contributed by atoms with Crippen LogP contribution in [0.25, 0.3) is 0 Å². The van der Waals surface area contributed by atoms with Gasteiger partial charge in [0.15, 0.2) is 0 Å². The van der Waals surface area contributed by atoms with Crippen LogP contribution in [-0.4, -0.2) is 6.61 Å². The summed E-state index contributed by atoms with van der Waals surface area (Å²) in [7, 11) is 0. The Morgan fingerprint density at radius 2 is 1.78 bits per heavy atom. The fourth-order valence-electron chi connectivity index (χ4n) is 1.74. The lowest BCUT2D eigenvalue weighted by molar-refractivity contribution is 0.317. The smallest absolute Gasteiger partial charge is 0.137 e. The molecule has 2 rings (SSSR count). The zero-order valence-corrected chi connectivity index (χ0v) is 12.2. The maximum absolute atomic E-state index is 5.90. The minimum atomic E-state index is 0.458. The molecule has 0 spiro atoms. The van der Waals surface area contributed by atoms with E-state index in [1.807, 2.05) is 36.4 Å². The summed E-state index contributed by atoms with van der Waals surface area (Å²) in [6, 6.07) is 16.2. The highest BCUT2D eigenvalue weighted by molar-refractivity contribution is 9.10. The standard InChI is InChI=1S/C15H14BrClO/c16-14-8-4-7-13(11-17)15(14)18-10-9-12-5-2-1-3-6-12/h1-8H,9-11H2. The topological polar surface area (TPSA) is 9.23 Å². The normalized spacial score (nSPS) is 10.3. The van der Waals surface area contributed by atoms with Crippen molar-refractivity contribution in [3.8, 4) is 5.75 Å². The van der Waals surface area contributed by atoms with Crippen LogP contribution in [0.5, 0.6) is 5.75 Å². The van der Waals surface area contributed by atoms with Gasteiger partial charge in [-0.15, -0.1) is 11.6 Å². The highest BCUT2D eigenvalue weighted by atomic mass is 79.9. The fraction of sp³-hybridized carbons (Fsp3) is 0.200. The molecule has 0 fully saturated rings. The van der Waals surface area contributed by atoms with Crippen LogP contribution in [0, 0.1) is 0 Å². The van der Waals surface area contributed by atoms with Crippen LogP contribution in [0.3, 0.4) is 0 Å². The van der Waals surface area contributed by atoms with Crippen molar-refractivity contribution in [1.82, 2.24) is 0 Å². The lowest BCUT2D eigenvalue weighted by atomic mass is 10.2. The third-order valence-electron chi connectivity index (χ3n) is 2.67. The van der Waals surface area contributed by atoms with Gasteiger partial charge >= 0.3 is 0 Å². The second kappa shape index (κ2) is 6.81. The highest BCUT2D eigenvalue weighted by Gasteiger charge is 2.06. The van der Waals surface area contributed by atoms with E-state index >= 15 is 0 Å². The van der Waals surface area contributed by atoms with Crippen molar-refractivity contribution in [2.75, 3.05) is 6.61 Å². The molecule has 94 valence electrons. The number of rotatable bonds is 5. The summed E-state index contributed by atoms with van der Waals surface area (Å²) in [5.41, 5.74) is 2.29. The van der Waals surface area contributed by atoms with Gasteiger partial charge in [0.2, 0.25) is 0 Å². The van der Waals surface area contributed by atoms with E-state index in [1.165, 1.54) is 5.56 Å². The fourth-order valence-corrected chi connectivity index (χ4v) is 2.47. The van der Waals surface area contributed by atoms with E-state index < -0.39 is 0 Å². The van der Waals surface area contributed by atoms with Crippen LogP contribution in [0.4, 0.5) is 0 Å². The lowest BCUT2D eigenvalue weighted by Crippen LogP contribution is -2.03. The molecule has 0 N–H and O–H groups in total. The van der Waals surface area contributed by atoms with Crippen LogP contribution in [0.1, 0.15) is 11.1 Å². The summed E-state index contributed by atoms with van der Waals surface area (Å²) in [6.45, 7) is 0.649. The van der Waals surface area contributed by atoms with Gasteiger partial charge < -0.3 is 4.74 Å². The summed E-state index contributed by atoms with van der Waals surface area (Å²) in [4.78, 5) is 0. The Balaban J connectivity index is 1.98. The second-order valence-corrected chi connectivity index (χ2v) is 5.07. The van der Waals surface area contributed by atoms with E-state index in [1.54, 1.807) is 0 Å². The number of alkyl halides is 1. The molecule has 0 aliphatic heterocycles. The van der Waals surface area contributed by atoms with E-state index in [0.29, 0.717) is 12.5 Å². The van der Waals surface area contributed by atoms with Gasteiger partial charge in [-0.3, -0.25) is 0 Å². The van der Waals surface area contributed by atoms with Crippen molar-refractivity contribution in [1.29, 1.82) is 0 Å². The quantitative estimate of drug-likeness (QED) is 0.717. The number of hydrogen-bond acceptors (Lipinski definition) is 1. The van der Waals surface area contributed by atoms with Crippen molar-refractivity contribution in [2.24, 2.45) is 0 Å². The Bertz CT molecular complexity index is 499. The van der Waals surface area contributed by atoms with Crippen LogP contribution in [-0.2, 0) is 12.3 Å². The molecule has 18 heavy (non-hydrogen) atoms. The molecule has 0 atom stereocenters. The van der Waals surface area contributed by atoms with E-state index in [2.05, 4.69) is 28.1 Å². The molecule has 2 aromatic carbocycles. The maximum Gasteiger partial charge on any atom is 0.137 e. The van der Waals surface area contributed by atoms with Crippen molar-refractivity contribution in [3.05, 3.63) is 64.1 Å². The molecule has 0 bridgehead atoms. The first kappa shape index (κ1) is 13.4. The van der Waals surface area contributed by atoms with Crippen molar-refractivity contribution < 1.29 is 4.74 Å². The van der Waals surface area contributed by atoms with Gasteiger partial charge in [0.05, 0.1) is 17.0 Å². The van der Waals surface area contributed by atoms with Crippen molar-refractivity contribution in [2.45, 2.75) is 12.3 Å². The Labute approximate surface area is 121 Å². The molecular weight excluding hydrogens is 312 g/mol. The molecule has 0 unspecified atom stereocenters. The van der Waals surface area contributed by atoms with E-state index in [4.69, 9.17) is 16.3 Å². The largest absolute Gasteiger partial charge is 0.492 e. The summed E-state index contributed by atoms with van der Waals surface area (Å²) in [5, 5.41) is 0. The van der Waals surface area contributed by atoms with Gasteiger partial charge in [-0.1, -0.05) is 42.5 Å².